The van der Waals surface area contributed by atoms with Crippen LogP contribution in [0, 0.1) is 23.5 Å². The molecule has 2 atom stereocenters. The third-order valence-electron chi connectivity index (χ3n) is 7.77. The van der Waals surface area contributed by atoms with Crippen LogP contribution in [0.3, 0.4) is 0 Å². The van der Waals surface area contributed by atoms with Gasteiger partial charge in [-0.05, 0) is 81.0 Å². The molecule has 11 nitrogen and oxygen atoms in total. The summed E-state index contributed by atoms with van der Waals surface area (Å²) in [5, 5.41) is 6.50. The fraction of sp³-hybridized carbons (Fsp3) is 0.306. The zero-order valence-electron chi connectivity index (χ0n) is 29.8. The van der Waals surface area contributed by atoms with Crippen LogP contribution in [0.2, 0.25) is 5.02 Å². The van der Waals surface area contributed by atoms with E-state index in [2.05, 4.69) is 27.2 Å². The highest BCUT2D eigenvalue weighted by atomic mass is 35.5. The van der Waals surface area contributed by atoms with Gasteiger partial charge < -0.3 is 14.8 Å². The van der Waals surface area contributed by atoms with E-state index in [-0.39, 0.29) is 56.2 Å². The quantitative estimate of drug-likeness (QED) is 0.0278. The van der Waals surface area contributed by atoms with Gasteiger partial charge in [-0.2, -0.15) is 22.6 Å². The van der Waals surface area contributed by atoms with Crippen molar-refractivity contribution in [2.24, 2.45) is 0 Å². The fourth-order valence-electron chi connectivity index (χ4n) is 5.14. The van der Waals surface area contributed by atoms with E-state index in [1.54, 1.807) is 20.8 Å². The van der Waals surface area contributed by atoms with Gasteiger partial charge in [-0.1, -0.05) is 29.7 Å². The maximum Gasteiger partial charge on any atom is 0.428 e. The molecule has 0 fully saturated rings. The summed E-state index contributed by atoms with van der Waals surface area (Å²) in [7, 11) is -1.38. The van der Waals surface area contributed by atoms with Gasteiger partial charge in [0, 0.05) is 46.6 Å². The molecule has 0 bridgehead atoms. The Kier molecular flexibility index (Phi) is 14.1. The molecular weight excluding hydrogens is 793 g/mol. The summed E-state index contributed by atoms with van der Waals surface area (Å²) in [5.41, 5.74) is 0.217. The predicted molar refractivity (Wildman–Crippen MR) is 199 cm³/mol. The number of ether oxygens (including phenoxy) is 2. The van der Waals surface area contributed by atoms with E-state index in [4.69, 9.17) is 21.1 Å². The lowest BCUT2D eigenvalue weighted by molar-refractivity contribution is -0.145. The number of benzene rings is 2. The minimum atomic E-state index is -4.84. The Hall–Kier alpha value is -4.99. The van der Waals surface area contributed by atoms with Crippen molar-refractivity contribution in [1.82, 2.24) is 20.1 Å². The van der Waals surface area contributed by atoms with Crippen LogP contribution in [0.25, 0.3) is 22.0 Å². The minimum Gasteiger partial charge on any atom is -0.425 e. The average Bonchev–Trinajstić information content (AvgIpc) is 3.45. The van der Waals surface area contributed by atoms with Gasteiger partial charge in [0.25, 0.3) is 0 Å². The molecule has 2 unspecified atom stereocenters. The minimum absolute atomic E-state index is 0.0213. The van der Waals surface area contributed by atoms with E-state index in [9.17, 15) is 40.5 Å². The van der Waals surface area contributed by atoms with Crippen LogP contribution in [0.15, 0.2) is 54.6 Å². The van der Waals surface area contributed by atoms with Gasteiger partial charge in [0.05, 0.1) is 27.7 Å². The van der Waals surface area contributed by atoms with E-state index in [1.807, 2.05) is 0 Å². The van der Waals surface area contributed by atoms with Gasteiger partial charge in [0.15, 0.2) is 5.82 Å². The molecule has 0 aliphatic rings. The van der Waals surface area contributed by atoms with Crippen LogP contribution in [-0.2, 0) is 42.8 Å². The van der Waals surface area contributed by atoms with Crippen molar-refractivity contribution in [2.45, 2.75) is 50.7 Å². The van der Waals surface area contributed by atoms with E-state index < -0.39 is 64.8 Å². The predicted octanol–water partition coefficient (Wildman–Crippen LogP) is 7.43. The number of anilines is 1. The lowest BCUT2D eigenvalue weighted by Gasteiger charge is -2.21. The number of fused-ring (bicyclic) bond motifs is 1. The molecule has 2 heterocycles. The molecule has 292 valence electrons. The number of allylic oxidation sites excluding steroid dienone is 1. The molecule has 2 amide bonds. The highest BCUT2D eigenvalue weighted by Gasteiger charge is 2.34. The molecule has 0 radical (unpaired) electrons. The molecule has 2 aromatic heterocycles. The molecule has 0 saturated heterocycles. The van der Waals surface area contributed by atoms with Crippen LogP contribution < -0.4 is 9.62 Å². The summed E-state index contributed by atoms with van der Waals surface area (Å²) in [6.45, 7) is 2.38. The van der Waals surface area contributed by atoms with Crippen LogP contribution in [0.4, 0.5) is 32.6 Å². The number of carbonyl (C=O) groups excluding carboxylic acids is 3. The van der Waals surface area contributed by atoms with Gasteiger partial charge in [-0.3, -0.25) is 13.7 Å². The Labute approximate surface area is 324 Å². The van der Waals surface area contributed by atoms with Crippen molar-refractivity contribution < 1.29 is 50.0 Å². The highest BCUT2D eigenvalue weighted by Crippen LogP contribution is 2.43. The van der Waals surface area contributed by atoms with Gasteiger partial charge in [0.1, 0.15) is 28.6 Å². The first kappa shape index (κ1) is 42.7. The number of carbonyl (C=O) groups is 3. The second kappa shape index (κ2) is 18.1. The molecule has 0 aliphatic heterocycles. The number of halogens is 6. The third-order valence-corrected chi connectivity index (χ3v) is 10.3. The smallest absolute Gasteiger partial charge is 0.425 e. The standard InChI is InChI=1S/C36H33ClF5N5O6S2/c1-6-7-29(49)52-20-53-34(50)47(54-4)33-30-27(37)11-10-26(32(30)46(45-33)18-36(40,41)42)25-9-8-24(12-13-35(2,3)55(5)51)44-31(25)28(43-19-48)16-21-14-22(38)17-23(39)15-21/h6-11,14-15,17,19,28H,16,18,20H2,1-5H3,(H,43,48)/b7-6+. The summed E-state index contributed by atoms with van der Waals surface area (Å²) in [5.74, 6) is 2.79. The molecule has 55 heavy (non-hydrogen) atoms. The Morgan fingerprint density at radius 1 is 1.11 bits per heavy atom. The molecule has 1 N–H and O–H groups in total. The number of nitrogens with zero attached hydrogens (tertiary/aromatic N) is 4. The van der Waals surface area contributed by atoms with Crippen molar-refractivity contribution in [3.05, 3.63) is 88.2 Å². The van der Waals surface area contributed by atoms with Gasteiger partial charge >= 0.3 is 18.2 Å². The zero-order valence-corrected chi connectivity index (χ0v) is 32.2. The molecule has 4 rings (SSSR count). The summed E-state index contributed by atoms with van der Waals surface area (Å²) < 4.78 is 93.5. The summed E-state index contributed by atoms with van der Waals surface area (Å²) >= 11 is 7.34. The molecule has 4 aromatic rings. The van der Waals surface area contributed by atoms with E-state index in [1.165, 1.54) is 42.9 Å². The summed E-state index contributed by atoms with van der Waals surface area (Å²) in [6, 6.07) is 7.29. The lowest BCUT2D eigenvalue weighted by Crippen LogP contribution is -2.27. The number of hydrogen-bond acceptors (Lipinski definition) is 9. The van der Waals surface area contributed by atoms with Crippen LogP contribution in [-0.4, -0.2) is 67.7 Å². The highest BCUT2D eigenvalue weighted by molar-refractivity contribution is 8.00. The van der Waals surface area contributed by atoms with Crippen molar-refractivity contribution in [3.63, 3.8) is 0 Å². The van der Waals surface area contributed by atoms with Gasteiger partial charge in [-0.15, -0.1) is 0 Å². The Morgan fingerprint density at radius 3 is 2.38 bits per heavy atom. The fourth-order valence-corrected chi connectivity index (χ4v) is 6.07. The normalized spacial score (nSPS) is 12.9. The Morgan fingerprint density at radius 2 is 1.78 bits per heavy atom. The number of nitrogens with one attached hydrogen (secondary N) is 1. The van der Waals surface area contributed by atoms with Crippen LogP contribution in [0.1, 0.15) is 43.8 Å². The number of hydrogen-bond donors (Lipinski definition) is 1. The number of pyridine rings is 1. The van der Waals surface area contributed by atoms with Gasteiger partial charge in [0.2, 0.25) is 13.2 Å². The van der Waals surface area contributed by atoms with Crippen molar-refractivity contribution in [2.75, 3.05) is 23.6 Å². The van der Waals surface area contributed by atoms with Crippen molar-refractivity contribution in [1.29, 1.82) is 0 Å². The Balaban J connectivity index is 2.00. The van der Waals surface area contributed by atoms with Gasteiger partial charge in [-0.25, -0.2) is 23.4 Å². The monoisotopic (exact) mass is 825 g/mol. The third kappa shape index (κ3) is 10.8. The average molecular weight is 826 g/mol. The molecule has 2 aromatic carbocycles. The molecule has 0 saturated carbocycles. The number of alkyl halides is 3. The number of esters is 1. The molecular formula is C36H33ClF5N5O6S2. The first-order chi connectivity index (χ1) is 25.9. The maximum absolute atomic E-state index is 14.3. The van der Waals surface area contributed by atoms with E-state index in [0.717, 1.165) is 22.5 Å². The topological polar surface area (TPSA) is 133 Å². The second-order valence-electron chi connectivity index (χ2n) is 12.0. The van der Waals surface area contributed by atoms with Crippen LogP contribution >= 0.6 is 23.5 Å². The lowest BCUT2D eigenvalue weighted by atomic mass is 9.94. The maximum atomic E-state index is 14.3. The van der Waals surface area contributed by atoms with E-state index >= 15 is 0 Å². The molecule has 0 spiro atoms. The first-order valence-electron chi connectivity index (χ1n) is 16.0. The summed E-state index contributed by atoms with van der Waals surface area (Å²) in [6.07, 6.45) is -0.527. The van der Waals surface area contributed by atoms with Crippen molar-refractivity contribution >= 4 is 69.5 Å². The number of aromatic nitrogens is 3. The zero-order chi connectivity index (χ0) is 40.7. The largest absolute Gasteiger partial charge is 0.428 e. The molecule has 19 heteroatoms. The Bertz CT molecular complexity index is 2200. The molecule has 0 aliphatic carbocycles. The van der Waals surface area contributed by atoms with E-state index in [0.29, 0.717) is 29.1 Å². The SMILES string of the molecule is C/C=C/C(=O)OCOC(=O)N(SC)c1nn(CC(F)(F)F)c2c(-c3ccc(C#CC(C)(C)S(C)=O)nc3C(Cc3cc(F)cc(F)c3)NC=O)ccc(Cl)c12. The summed E-state index contributed by atoms with van der Waals surface area (Å²) in [4.78, 5) is 41.5. The first-order valence-corrected chi connectivity index (χ1v) is 19.1. The number of rotatable bonds is 13. The van der Waals surface area contributed by atoms with Crippen molar-refractivity contribution in [3.8, 4) is 23.0 Å². The number of amides is 2. The second-order valence-corrected chi connectivity index (χ2v) is 15.1. The van der Waals surface area contributed by atoms with Crippen LogP contribution in [0.5, 0.6) is 0 Å².